The number of aliphatic imine (C=N–C) groups is 1. The number of amides is 1. The maximum absolute atomic E-state index is 12.1. The number of nitrogens with zero attached hydrogens (tertiary/aromatic N) is 2. The van der Waals surface area contributed by atoms with Crippen molar-refractivity contribution in [1.29, 1.82) is 0 Å². The molecule has 2 heterocycles. The molecule has 3 aromatic carbocycles. The van der Waals surface area contributed by atoms with Gasteiger partial charge < -0.3 is 4.74 Å². The van der Waals surface area contributed by atoms with Crippen LogP contribution in [0.4, 0.5) is 10.5 Å². The van der Waals surface area contributed by atoms with Gasteiger partial charge in [-0.2, -0.15) is 5.10 Å². The summed E-state index contributed by atoms with van der Waals surface area (Å²) in [6.45, 7) is 4.16. The van der Waals surface area contributed by atoms with E-state index >= 15 is 0 Å². The highest BCUT2D eigenvalue weighted by Crippen LogP contribution is 2.33. The number of nitrogens with one attached hydrogen (secondary N) is 2. The summed E-state index contributed by atoms with van der Waals surface area (Å²) in [5, 5.41) is 11.1. The molecular formula is C27H24N4O3. The fraction of sp³-hybridized carbons (Fsp3) is 0.185. The number of H-pyrrole nitrogens is 1. The number of aromatic nitrogens is 2. The Morgan fingerprint density at radius 2 is 1.91 bits per heavy atom. The topological polar surface area (TPSA) is 96.4 Å². The molecule has 0 saturated heterocycles. The normalized spacial score (nSPS) is 12.4. The van der Waals surface area contributed by atoms with Gasteiger partial charge in [0, 0.05) is 18.2 Å². The van der Waals surface area contributed by atoms with Crippen LogP contribution in [0.25, 0.3) is 21.9 Å². The molecule has 0 bridgehead atoms. The molecule has 0 fully saturated rings. The van der Waals surface area contributed by atoms with Gasteiger partial charge in [0.1, 0.15) is 5.84 Å². The lowest BCUT2D eigenvalue weighted by Gasteiger charge is -2.11. The lowest BCUT2D eigenvalue weighted by Crippen LogP contribution is -2.30. The molecule has 7 heteroatoms. The standard InChI is InChI=1S/C27H24N4O3/c1-3-34-27(33)29-25-15-19-11-10-18(14-23(19)28-25)22-12-17(9-8-16(22)2)13-24-20-6-4-5-7-21(20)26(32)31-30-24/h4-12,14H,3,13,15H2,1-2H3,(H,31,32)(H,28,29,33). The predicted octanol–water partition coefficient (Wildman–Crippen LogP) is 4.82. The van der Waals surface area contributed by atoms with Gasteiger partial charge in [0.05, 0.1) is 23.4 Å². The molecule has 1 aliphatic heterocycles. The minimum absolute atomic E-state index is 0.181. The number of fused-ring (bicyclic) bond motifs is 2. The molecule has 1 amide bonds. The third kappa shape index (κ3) is 4.20. The van der Waals surface area contributed by atoms with Crippen LogP contribution in [0.1, 0.15) is 29.3 Å². The predicted molar refractivity (Wildman–Crippen MR) is 133 cm³/mol. The summed E-state index contributed by atoms with van der Waals surface area (Å²) in [7, 11) is 0. The first kappa shape index (κ1) is 21.6. The summed E-state index contributed by atoms with van der Waals surface area (Å²) in [5.41, 5.74) is 6.97. The number of amidine groups is 1. The summed E-state index contributed by atoms with van der Waals surface area (Å²) >= 11 is 0. The lowest BCUT2D eigenvalue weighted by atomic mass is 9.94. The van der Waals surface area contributed by atoms with Gasteiger partial charge in [0.15, 0.2) is 0 Å². The zero-order chi connectivity index (χ0) is 23.7. The Morgan fingerprint density at radius 3 is 2.74 bits per heavy atom. The molecule has 34 heavy (non-hydrogen) atoms. The van der Waals surface area contributed by atoms with E-state index in [-0.39, 0.29) is 5.56 Å². The second kappa shape index (κ2) is 8.94. The Bertz CT molecular complexity index is 1500. The second-order valence-corrected chi connectivity index (χ2v) is 8.30. The molecule has 170 valence electrons. The van der Waals surface area contributed by atoms with Gasteiger partial charge in [0.25, 0.3) is 5.56 Å². The Labute approximate surface area is 196 Å². The quantitative estimate of drug-likeness (QED) is 0.464. The fourth-order valence-corrected chi connectivity index (χ4v) is 4.30. The van der Waals surface area contributed by atoms with Gasteiger partial charge in [-0.25, -0.2) is 14.9 Å². The average Bonchev–Trinajstić information content (AvgIpc) is 3.23. The molecule has 0 radical (unpaired) electrons. The molecule has 5 rings (SSSR count). The maximum Gasteiger partial charge on any atom is 0.412 e. The highest BCUT2D eigenvalue weighted by molar-refractivity contribution is 6.01. The van der Waals surface area contributed by atoms with E-state index in [2.05, 4.69) is 63.8 Å². The van der Waals surface area contributed by atoms with Crippen LogP contribution >= 0.6 is 0 Å². The van der Waals surface area contributed by atoms with Crippen LogP contribution in [0.3, 0.4) is 0 Å². The van der Waals surface area contributed by atoms with Crippen molar-refractivity contribution in [2.24, 2.45) is 4.99 Å². The van der Waals surface area contributed by atoms with Crippen molar-refractivity contribution in [2.45, 2.75) is 26.7 Å². The molecular weight excluding hydrogens is 428 g/mol. The van der Waals surface area contributed by atoms with Crippen LogP contribution in [0, 0.1) is 6.92 Å². The number of aryl methyl sites for hydroxylation is 1. The Balaban J connectivity index is 1.45. The number of benzene rings is 3. The van der Waals surface area contributed by atoms with E-state index in [4.69, 9.17) is 4.74 Å². The fourth-order valence-electron chi connectivity index (χ4n) is 4.30. The summed E-state index contributed by atoms with van der Waals surface area (Å²) in [6, 6.07) is 20.1. The monoisotopic (exact) mass is 452 g/mol. The van der Waals surface area contributed by atoms with Gasteiger partial charge >= 0.3 is 6.09 Å². The minimum Gasteiger partial charge on any atom is -0.450 e. The Hall–Kier alpha value is -4.26. The molecule has 0 saturated carbocycles. The summed E-state index contributed by atoms with van der Waals surface area (Å²) in [5.74, 6) is 0.590. The number of hydrogen-bond donors (Lipinski definition) is 2. The third-order valence-corrected chi connectivity index (χ3v) is 5.98. The minimum atomic E-state index is -0.485. The van der Waals surface area contributed by atoms with Crippen molar-refractivity contribution >= 4 is 28.4 Å². The maximum atomic E-state index is 12.1. The van der Waals surface area contributed by atoms with Gasteiger partial charge in [-0.3, -0.25) is 10.1 Å². The highest BCUT2D eigenvalue weighted by Gasteiger charge is 2.18. The first-order chi connectivity index (χ1) is 16.5. The van der Waals surface area contributed by atoms with E-state index in [9.17, 15) is 9.59 Å². The van der Waals surface area contributed by atoms with Crippen molar-refractivity contribution < 1.29 is 9.53 Å². The number of aromatic amines is 1. The van der Waals surface area contributed by atoms with Gasteiger partial charge in [-0.05, 0) is 53.8 Å². The molecule has 1 aliphatic rings. The van der Waals surface area contributed by atoms with Crippen molar-refractivity contribution in [2.75, 3.05) is 6.61 Å². The Morgan fingerprint density at radius 1 is 1.09 bits per heavy atom. The molecule has 0 atom stereocenters. The molecule has 7 nitrogen and oxygen atoms in total. The molecule has 0 unspecified atom stereocenters. The van der Waals surface area contributed by atoms with Crippen molar-refractivity contribution in [3.8, 4) is 11.1 Å². The van der Waals surface area contributed by atoms with E-state index < -0.39 is 6.09 Å². The zero-order valence-corrected chi connectivity index (χ0v) is 19.0. The highest BCUT2D eigenvalue weighted by atomic mass is 16.5. The van der Waals surface area contributed by atoms with Crippen molar-refractivity contribution in [3.05, 3.63) is 93.4 Å². The smallest absolute Gasteiger partial charge is 0.412 e. The number of ether oxygens (including phenoxy) is 1. The molecule has 0 aliphatic carbocycles. The van der Waals surface area contributed by atoms with Gasteiger partial charge in [-0.1, -0.05) is 48.5 Å². The van der Waals surface area contributed by atoms with E-state index in [0.29, 0.717) is 30.7 Å². The van der Waals surface area contributed by atoms with E-state index in [0.717, 1.165) is 44.6 Å². The third-order valence-electron chi connectivity index (χ3n) is 5.98. The van der Waals surface area contributed by atoms with E-state index in [1.54, 1.807) is 6.92 Å². The SMILES string of the molecule is CCOC(=O)NC1=Nc2cc(-c3cc(Cc4n[nH]c(=O)c5ccccc45)ccc3C)ccc2C1. The zero-order valence-electron chi connectivity index (χ0n) is 19.0. The van der Waals surface area contributed by atoms with Gasteiger partial charge in [0.2, 0.25) is 0 Å². The largest absolute Gasteiger partial charge is 0.450 e. The lowest BCUT2D eigenvalue weighted by molar-refractivity contribution is 0.157. The number of hydrogen-bond acceptors (Lipinski definition) is 5. The van der Waals surface area contributed by atoms with Crippen molar-refractivity contribution in [3.63, 3.8) is 0 Å². The second-order valence-electron chi connectivity index (χ2n) is 8.30. The van der Waals surface area contributed by atoms with E-state index in [1.807, 2.05) is 24.3 Å². The van der Waals surface area contributed by atoms with E-state index in [1.165, 1.54) is 0 Å². The average molecular weight is 453 g/mol. The molecule has 4 aromatic rings. The first-order valence-corrected chi connectivity index (χ1v) is 11.2. The van der Waals surface area contributed by atoms with Crippen LogP contribution in [-0.2, 0) is 17.6 Å². The van der Waals surface area contributed by atoms with Crippen LogP contribution in [0.15, 0.2) is 70.5 Å². The molecule has 0 spiro atoms. The number of rotatable bonds is 4. The first-order valence-electron chi connectivity index (χ1n) is 11.2. The number of carbonyl (C=O) groups is 1. The van der Waals surface area contributed by atoms with Crippen LogP contribution in [0.5, 0.6) is 0 Å². The molecule has 2 N–H and O–H groups in total. The Kier molecular flexibility index (Phi) is 5.67. The van der Waals surface area contributed by atoms with Gasteiger partial charge in [-0.15, -0.1) is 0 Å². The molecule has 1 aromatic heterocycles. The number of carbonyl (C=O) groups excluding carboxylic acids is 1. The van der Waals surface area contributed by atoms with Crippen LogP contribution in [0.2, 0.25) is 0 Å². The summed E-state index contributed by atoms with van der Waals surface area (Å²) in [6.07, 6.45) is 0.681. The van der Waals surface area contributed by atoms with Crippen molar-refractivity contribution in [1.82, 2.24) is 15.5 Å². The number of alkyl carbamates (subject to hydrolysis) is 1. The summed E-state index contributed by atoms with van der Waals surface area (Å²) in [4.78, 5) is 28.4. The summed E-state index contributed by atoms with van der Waals surface area (Å²) < 4.78 is 4.95. The van der Waals surface area contributed by atoms with Crippen LogP contribution < -0.4 is 10.9 Å². The van der Waals surface area contributed by atoms with Crippen LogP contribution in [-0.4, -0.2) is 28.7 Å².